The molecule has 0 spiro atoms. The molecule has 0 amide bonds. The number of nitrogens with one attached hydrogen (secondary N) is 1. The molecule has 1 aromatic carbocycles. The SMILES string of the molecule is CC1CCC(C(NN)c2ccc(OC3CC3)cc2)CC1. The summed E-state index contributed by atoms with van der Waals surface area (Å²) >= 11 is 0. The Balaban J connectivity index is 1.65. The molecule has 2 saturated carbocycles. The summed E-state index contributed by atoms with van der Waals surface area (Å²) in [5.41, 5.74) is 4.32. The quantitative estimate of drug-likeness (QED) is 0.637. The zero-order valence-electron chi connectivity index (χ0n) is 12.3. The minimum Gasteiger partial charge on any atom is -0.490 e. The van der Waals surface area contributed by atoms with E-state index in [4.69, 9.17) is 10.6 Å². The predicted octanol–water partition coefficient (Wildman–Crippen LogP) is 3.56. The molecule has 0 aliphatic heterocycles. The van der Waals surface area contributed by atoms with Crippen molar-refractivity contribution in [1.82, 2.24) is 5.43 Å². The molecule has 2 aliphatic carbocycles. The fourth-order valence-electron chi connectivity index (χ4n) is 3.26. The van der Waals surface area contributed by atoms with Crippen LogP contribution in [-0.4, -0.2) is 6.10 Å². The smallest absolute Gasteiger partial charge is 0.119 e. The van der Waals surface area contributed by atoms with Gasteiger partial charge >= 0.3 is 0 Å². The molecule has 3 N–H and O–H groups in total. The second-order valence-corrected chi connectivity index (χ2v) is 6.55. The van der Waals surface area contributed by atoms with Crippen LogP contribution < -0.4 is 16.0 Å². The van der Waals surface area contributed by atoms with Gasteiger partial charge in [-0.05, 0) is 55.2 Å². The van der Waals surface area contributed by atoms with Crippen LogP contribution in [0.2, 0.25) is 0 Å². The number of nitrogens with two attached hydrogens (primary N) is 1. The topological polar surface area (TPSA) is 47.3 Å². The maximum atomic E-state index is 5.82. The van der Waals surface area contributed by atoms with Crippen LogP contribution in [0.5, 0.6) is 5.75 Å². The summed E-state index contributed by atoms with van der Waals surface area (Å²) in [5, 5.41) is 0. The molecule has 1 unspecified atom stereocenters. The predicted molar refractivity (Wildman–Crippen MR) is 81.3 cm³/mol. The van der Waals surface area contributed by atoms with Gasteiger partial charge in [-0.2, -0.15) is 0 Å². The van der Waals surface area contributed by atoms with Crippen LogP contribution in [0.4, 0.5) is 0 Å². The zero-order chi connectivity index (χ0) is 13.9. The van der Waals surface area contributed by atoms with Crippen molar-refractivity contribution in [2.24, 2.45) is 17.7 Å². The van der Waals surface area contributed by atoms with E-state index in [1.165, 1.54) is 44.1 Å². The fourth-order valence-corrected chi connectivity index (χ4v) is 3.26. The lowest BCUT2D eigenvalue weighted by Crippen LogP contribution is -2.35. The first-order valence-electron chi connectivity index (χ1n) is 7.99. The Labute approximate surface area is 121 Å². The minimum atomic E-state index is 0.275. The van der Waals surface area contributed by atoms with Gasteiger partial charge in [0.1, 0.15) is 5.75 Å². The van der Waals surface area contributed by atoms with Gasteiger partial charge in [0.05, 0.1) is 6.10 Å². The van der Waals surface area contributed by atoms with Gasteiger partial charge in [-0.1, -0.05) is 31.9 Å². The van der Waals surface area contributed by atoms with Crippen molar-refractivity contribution in [2.45, 2.75) is 57.6 Å². The molecule has 20 heavy (non-hydrogen) atoms. The average molecular weight is 274 g/mol. The average Bonchev–Trinajstić information content (AvgIpc) is 3.27. The third-order valence-electron chi connectivity index (χ3n) is 4.78. The number of hydrogen-bond acceptors (Lipinski definition) is 3. The first-order valence-corrected chi connectivity index (χ1v) is 7.99. The second kappa shape index (κ2) is 6.15. The van der Waals surface area contributed by atoms with Crippen molar-refractivity contribution < 1.29 is 4.74 Å². The van der Waals surface area contributed by atoms with E-state index < -0.39 is 0 Å². The maximum Gasteiger partial charge on any atom is 0.119 e. The lowest BCUT2D eigenvalue weighted by atomic mass is 9.77. The first-order chi connectivity index (χ1) is 9.76. The summed E-state index contributed by atoms with van der Waals surface area (Å²) in [6.45, 7) is 2.35. The van der Waals surface area contributed by atoms with Crippen molar-refractivity contribution in [1.29, 1.82) is 0 Å². The number of ether oxygens (including phenoxy) is 1. The van der Waals surface area contributed by atoms with Gasteiger partial charge in [-0.3, -0.25) is 11.3 Å². The van der Waals surface area contributed by atoms with Gasteiger partial charge in [0.25, 0.3) is 0 Å². The van der Waals surface area contributed by atoms with Gasteiger partial charge in [-0.25, -0.2) is 0 Å². The van der Waals surface area contributed by atoms with E-state index >= 15 is 0 Å². The van der Waals surface area contributed by atoms with Crippen molar-refractivity contribution in [3.63, 3.8) is 0 Å². The molecule has 0 saturated heterocycles. The fraction of sp³-hybridized carbons (Fsp3) is 0.647. The van der Waals surface area contributed by atoms with E-state index in [0.29, 0.717) is 12.0 Å². The molecule has 110 valence electrons. The minimum absolute atomic E-state index is 0.275. The third kappa shape index (κ3) is 3.33. The molecule has 2 fully saturated rings. The van der Waals surface area contributed by atoms with Crippen LogP contribution in [0, 0.1) is 11.8 Å². The van der Waals surface area contributed by atoms with E-state index in [0.717, 1.165) is 11.7 Å². The van der Waals surface area contributed by atoms with Gasteiger partial charge in [0, 0.05) is 6.04 Å². The molecule has 1 atom stereocenters. The summed E-state index contributed by atoms with van der Waals surface area (Å²) in [6, 6.07) is 8.78. The standard InChI is InChI=1S/C17H26N2O/c1-12-2-4-13(5-3-12)17(19-18)14-6-8-15(9-7-14)20-16-10-11-16/h6-9,12-13,16-17,19H,2-5,10-11,18H2,1H3. The molecule has 2 aliphatic rings. The molecular formula is C17H26N2O. The molecule has 0 radical (unpaired) electrons. The monoisotopic (exact) mass is 274 g/mol. The summed E-state index contributed by atoms with van der Waals surface area (Å²) in [5.74, 6) is 8.34. The lowest BCUT2D eigenvalue weighted by molar-refractivity contribution is 0.232. The van der Waals surface area contributed by atoms with Gasteiger partial charge < -0.3 is 4.74 Å². The van der Waals surface area contributed by atoms with Crippen LogP contribution in [0.25, 0.3) is 0 Å². The van der Waals surface area contributed by atoms with E-state index in [2.05, 4.69) is 36.6 Å². The highest BCUT2D eigenvalue weighted by atomic mass is 16.5. The molecule has 1 aromatic rings. The molecule has 3 rings (SSSR count). The second-order valence-electron chi connectivity index (χ2n) is 6.55. The van der Waals surface area contributed by atoms with Crippen LogP contribution in [0.3, 0.4) is 0 Å². The summed E-state index contributed by atoms with van der Waals surface area (Å²) in [6.07, 6.45) is 8.07. The van der Waals surface area contributed by atoms with Crippen LogP contribution in [0.15, 0.2) is 24.3 Å². The number of rotatable bonds is 5. The summed E-state index contributed by atoms with van der Waals surface area (Å²) in [7, 11) is 0. The Morgan fingerprint density at radius 2 is 1.70 bits per heavy atom. The van der Waals surface area contributed by atoms with Gasteiger partial charge in [0.2, 0.25) is 0 Å². The molecule has 3 heteroatoms. The number of benzene rings is 1. The van der Waals surface area contributed by atoms with Crippen molar-refractivity contribution in [3.8, 4) is 5.75 Å². The Bertz CT molecular complexity index is 419. The Kier molecular flexibility index (Phi) is 4.27. The third-order valence-corrected chi connectivity index (χ3v) is 4.78. The first kappa shape index (κ1) is 13.9. The molecule has 3 nitrogen and oxygen atoms in total. The van der Waals surface area contributed by atoms with Crippen LogP contribution in [0.1, 0.15) is 57.1 Å². The molecule has 0 heterocycles. The largest absolute Gasteiger partial charge is 0.490 e. The highest BCUT2D eigenvalue weighted by Gasteiger charge is 2.27. The van der Waals surface area contributed by atoms with Crippen molar-refractivity contribution in [2.75, 3.05) is 0 Å². The van der Waals surface area contributed by atoms with Crippen LogP contribution in [-0.2, 0) is 0 Å². The van der Waals surface area contributed by atoms with E-state index in [9.17, 15) is 0 Å². The van der Waals surface area contributed by atoms with E-state index in [1.54, 1.807) is 0 Å². The Morgan fingerprint density at radius 3 is 2.25 bits per heavy atom. The normalized spacial score (nSPS) is 28.1. The van der Waals surface area contributed by atoms with Crippen molar-refractivity contribution >= 4 is 0 Å². The molecule has 0 bridgehead atoms. The molecule has 0 aromatic heterocycles. The highest BCUT2D eigenvalue weighted by Crippen LogP contribution is 2.37. The maximum absolute atomic E-state index is 5.82. The highest BCUT2D eigenvalue weighted by molar-refractivity contribution is 5.30. The van der Waals surface area contributed by atoms with E-state index in [1.807, 2.05) is 0 Å². The Morgan fingerprint density at radius 1 is 1.05 bits per heavy atom. The zero-order valence-corrected chi connectivity index (χ0v) is 12.3. The number of hydrogen-bond donors (Lipinski definition) is 2. The lowest BCUT2D eigenvalue weighted by Gasteiger charge is -2.32. The summed E-state index contributed by atoms with van der Waals surface area (Å²) in [4.78, 5) is 0. The van der Waals surface area contributed by atoms with Crippen molar-refractivity contribution in [3.05, 3.63) is 29.8 Å². The van der Waals surface area contributed by atoms with Crippen LogP contribution >= 0.6 is 0 Å². The van der Waals surface area contributed by atoms with Gasteiger partial charge in [-0.15, -0.1) is 0 Å². The summed E-state index contributed by atoms with van der Waals surface area (Å²) < 4.78 is 5.80. The van der Waals surface area contributed by atoms with Gasteiger partial charge in [0.15, 0.2) is 0 Å². The Hall–Kier alpha value is -1.06. The van der Waals surface area contributed by atoms with E-state index in [-0.39, 0.29) is 6.04 Å². The molecular weight excluding hydrogens is 248 g/mol. The number of hydrazine groups is 1.